The van der Waals surface area contributed by atoms with Crippen molar-refractivity contribution in [3.05, 3.63) is 59.7 Å². The first kappa shape index (κ1) is 14.8. The fourth-order valence-corrected chi connectivity index (χ4v) is 2.15. The number of azo groups is 1. The zero-order chi connectivity index (χ0) is 16.4. The molecule has 0 radical (unpaired) electrons. The average molecular weight is 312 g/mol. The molecule has 1 aromatic carbocycles. The Labute approximate surface area is 130 Å². The molecule has 0 aliphatic heterocycles. The Kier molecular flexibility index (Phi) is 3.84. The standard InChI is InChI=1S/C16H13FN4O2/c1-2-10-3-6-12(7-4-10)19-20-15-14(16(22)23)18-13-8-5-11(17)9-21(13)15/h3-9H,2H2,1H3,(H,22,23). The molecule has 3 rings (SSSR count). The van der Waals surface area contributed by atoms with Crippen LogP contribution in [-0.4, -0.2) is 20.5 Å². The highest BCUT2D eigenvalue weighted by atomic mass is 19.1. The molecule has 0 unspecified atom stereocenters. The molecule has 23 heavy (non-hydrogen) atoms. The van der Waals surface area contributed by atoms with Crippen LogP contribution in [0.2, 0.25) is 0 Å². The summed E-state index contributed by atoms with van der Waals surface area (Å²) in [5.41, 5.74) is 1.75. The number of hydrogen-bond acceptors (Lipinski definition) is 4. The van der Waals surface area contributed by atoms with Crippen molar-refractivity contribution in [2.75, 3.05) is 0 Å². The van der Waals surface area contributed by atoms with E-state index in [2.05, 4.69) is 15.2 Å². The minimum absolute atomic E-state index is 0.0217. The first-order chi connectivity index (χ1) is 11.1. The van der Waals surface area contributed by atoms with E-state index in [0.717, 1.165) is 18.2 Å². The predicted molar refractivity (Wildman–Crippen MR) is 82.1 cm³/mol. The van der Waals surface area contributed by atoms with Crippen LogP contribution in [0.15, 0.2) is 52.8 Å². The van der Waals surface area contributed by atoms with E-state index < -0.39 is 11.8 Å². The van der Waals surface area contributed by atoms with Gasteiger partial charge in [-0.3, -0.25) is 4.40 Å². The van der Waals surface area contributed by atoms with Crippen molar-refractivity contribution in [1.82, 2.24) is 9.38 Å². The first-order valence-corrected chi connectivity index (χ1v) is 7.00. The van der Waals surface area contributed by atoms with Crippen molar-refractivity contribution in [2.24, 2.45) is 10.2 Å². The highest BCUT2D eigenvalue weighted by Crippen LogP contribution is 2.25. The van der Waals surface area contributed by atoms with E-state index >= 15 is 0 Å². The molecule has 0 amide bonds. The minimum Gasteiger partial charge on any atom is -0.476 e. The lowest BCUT2D eigenvalue weighted by molar-refractivity contribution is 0.0692. The number of pyridine rings is 1. The average Bonchev–Trinajstić information content (AvgIpc) is 2.91. The van der Waals surface area contributed by atoms with Crippen LogP contribution >= 0.6 is 0 Å². The quantitative estimate of drug-likeness (QED) is 0.735. The van der Waals surface area contributed by atoms with Crippen LogP contribution in [0.3, 0.4) is 0 Å². The fourth-order valence-electron chi connectivity index (χ4n) is 2.15. The van der Waals surface area contributed by atoms with Crippen LogP contribution in [0.1, 0.15) is 23.0 Å². The van der Waals surface area contributed by atoms with Gasteiger partial charge in [0.2, 0.25) is 0 Å². The van der Waals surface area contributed by atoms with Gasteiger partial charge >= 0.3 is 5.97 Å². The zero-order valence-corrected chi connectivity index (χ0v) is 12.3. The summed E-state index contributed by atoms with van der Waals surface area (Å²) < 4.78 is 14.7. The van der Waals surface area contributed by atoms with E-state index in [-0.39, 0.29) is 11.5 Å². The highest BCUT2D eigenvalue weighted by Gasteiger charge is 2.18. The Morgan fingerprint density at radius 2 is 1.96 bits per heavy atom. The van der Waals surface area contributed by atoms with Gasteiger partial charge in [0, 0.05) is 6.20 Å². The number of nitrogens with zero attached hydrogens (tertiary/aromatic N) is 4. The summed E-state index contributed by atoms with van der Waals surface area (Å²) in [5, 5.41) is 17.2. The van der Waals surface area contributed by atoms with E-state index in [4.69, 9.17) is 0 Å². The third kappa shape index (κ3) is 2.94. The number of carboxylic acid groups (broad SMARTS) is 1. The Morgan fingerprint density at radius 3 is 2.61 bits per heavy atom. The predicted octanol–water partition coefficient (Wildman–Crippen LogP) is 4.15. The molecule has 0 aliphatic rings. The van der Waals surface area contributed by atoms with Crippen molar-refractivity contribution in [3.63, 3.8) is 0 Å². The molecule has 0 fully saturated rings. The van der Waals surface area contributed by atoms with Gasteiger partial charge in [-0.25, -0.2) is 14.2 Å². The summed E-state index contributed by atoms with van der Waals surface area (Å²) in [6, 6.07) is 10.00. The maximum Gasteiger partial charge on any atom is 0.358 e. The maximum atomic E-state index is 13.4. The summed E-state index contributed by atoms with van der Waals surface area (Å²) in [4.78, 5) is 15.2. The molecule has 3 aromatic rings. The number of benzene rings is 1. The molecular weight excluding hydrogens is 299 g/mol. The van der Waals surface area contributed by atoms with Gasteiger partial charge in [-0.05, 0) is 36.2 Å². The van der Waals surface area contributed by atoms with E-state index in [0.29, 0.717) is 11.3 Å². The smallest absolute Gasteiger partial charge is 0.358 e. The fraction of sp³-hybridized carbons (Fsp3) is 0.125. The minimum atomic E-state index is -1.25. The number of carboxylic acids is 1. The van der Waals surface area contributed by atoms with Crippen LogP contribution in [0, 0.1) is 5.82 Å². The van der Waals surface area contributed by atoms with Gasteiger partial charge in [-0.15, -0.1) is 10.2 Å². The lowest BCUT2D eigenvalue weighted by atomic mass is 10.2. The van der Waals surface area contributed by atoms with E-state index in [1.807, 2.05) is 19.1 Å². The molecule has 7 heteroatoms. The lowest BCUT2D eigenvalue weighted by Gasteiger charge is -1.98. The molecule has 0 aliphatic carbocycles. The maximum absolute atomic E-state index is 13.4. The van der Waals surface area contributed by atoms with Gasteiger partial charge in [0.1, 0.15) is 11.5 Å². The normalized spacial score (nSPS) is 11.4. The zero-order valence-electron chi connectivity index (χ0n) is 12.3. The molecule has 0 saturated heterocycles. The Hall–Kier alpha value is -3.09. The topological polar surface area (TPSA) is 79.3 Å². The van der Waals surface area contributed by atoms with Crippen LogP contribution in [0.5, 0.6) is 0 Å². The molecule has 2 aromatic heterocycles. The number of aryl methyl sites for hydroxylation is 1. The molecule has 2 heterocycles. The van der Waals surface area contributed by atoms with Crippen LogP contribution in [0.4, 0.5) is 15.9 Å². The molecular formula is C16H13FN4O2. The second-order valence-electron chi connectivity index (χ2n) is 4.88. The lowest BCUT2D eigenvalue weighted by Crippen LogP contribution is -1.96. The van der Waals surface area contributed by atoms with E-state index in [1.165, 1.54) is 16.5 Å². The molecule has 0 saturated carbocycles. The Bertz CT molecular complexity index is 900. The van der Waals surface area contributed by atoms with Gasteiger partial charge in [0.25, 0.3) is 0 Å². The van der Waals surface area contributed by atoms with Gasteiger partial charge in [-0.2, -0.15) is 0 Å². The number of carbonyl (C=O) groups is 1. The molecule has 0 bridgehead atoms. The third-order valence-electron chi connectivity index (χ3n) is 3.36. The van der Waals surface area contributed by atoms with E-state index in [9.17, 15) is 14.3 Å². The van der Waals surface area contributed by atoms with Crippen molar-refractivity contribution in [1.29, 1.82) is 0 Å². The molecule has 0 spiro atoms. The number of fused-ring (bicyclic) bond motifs is 1. The summed E-state index contributed by atoms with van der Waals surface area (Å²) in [7, 11) is 0. The molecule has 116 valence electrons. The number of rotatable bonds is 4. The molecule has 0 atom stereocenters. The van der Waals surface area contributed by atoms with Gasteiger partial charge < -0.3 is 5.11 Å². The number of imidazole rings is 1. The van der Waals surface area contributed by atoms with Crippen molar-refractivity contribution in [3.8, 4) is 0 Å². The Morgan fingerprint density at radius 1 is 1.22 bits per heavy atom. The Balaban J connectivity index is 2.06. The summed E-state index contributed by atoms with van der Waals surface area (Å²) in [5.74, 6) is -1.79. The molecule has 1 N–H and O–H groups in total. The van der Waals surface area contributed by atoms with Gasteiger partial charge in [-0.1, -0.05) is 19.1 Å². The van der Waals surface area contributed by atoms with Gasteiger partial charge in [0.05, 0.1) is 5.69 Å². The van der Waals surface area contributed by atoms with Crippen molar-refractivity contribution in [2.45, 2.75) is 13.3 Å². The van der Waals surface area contributed by atoms with Crippen LogP contribution in [0.25, 0.3) is 5.65 Å². The number of hydrogen-bond donors (Lipinski definition) is 1. The van der Waals surface area contributed by atoms with Gasteiger partial charge in [0.15, 0.2) is 11.5 Å². The van der Waals surface area contributed by atoms with Crippen LogP contribution in [-0.2, 0) is 6.42 Å². The highest BCUT2D eigenvalue weighted by molar-refractivity contribution is 5.91. The van der Waals surface area contributed by atoms with Crippen molar-refractivity contribution >= 4 is 23.1 Å². The molecule has 6 nitrogen and oxygen atoms in total. The third-order valence-corrected chi connectivity index (χ3v) is 3.36. The second kappa shape index (κ2) is 5.96. The van der Waals surface area contributed by atoms with E-state index in [1.54, 1.807) is 12.1 Å². The SMILES string of the molecule is CCc1ccc(N=Nc2c(C(=O)O)nc3ccc(F)cn23)cc1. The largest absolute Gasteiger partial charge is 0.476 e. The summed E-state index contributed by atoms with van der Waals surface area (Å²) in [6.07, 6.45) is 2.04. The summed E-state index contributed by atoms with van der Waals surface area (Å²) in [6.45, 7) is 2.04. The number of aromatic carboxylic acids is 1. The monoisotopic (exact) mass is 312 g/mol. The number of halogens is 1. The van der Waals surface area contributed by atoms with Crippen molar-refractivity contribution < 1.29 is 14.3 Å². The second-order valence-corrected chi connectivity index (χ2v) is 4.88. The number of aromatic nitrogens is 2. The summed E-state index contributed by atoms with van der Waals surface area (Å²) >= 11 is 0. The van der Waals surface area contributed by atoms with Crippen LogP contribution < -0.4 is 0 Å². The first-order valence-electron chi connectivity index (χ1n) is 7.00.